The molecule has 0 unspecified atom stereocenters. The van der Waals surface area contributed by atoms with Crippen molar-refractivity contribution in [1.82, 2.24) is 0 Å². The first-order valence-corrected chi connectivity index (χ1v) is 7.69. The molecule has 0 fully saturated rings. The Morgan fingerprint density at radius 2 is 1.83 bits per heavy atom. The molecule has 0 aliphatic heterocycles. The minimum Gasteiger partial charge on any atom is -0.497 e. The summed E-state index contributed by atoms with van der Waals surface area (Å²) >= 11 is 0. The molecule has 0 bridgehead atoms. The highest BCUT2D eigenvalue weighted by molar-refractivity contribution is 6.41. The second kappa shape index (κ2) is 5.74. The van der Waals surface area contributed by atoms with Crippen molar-refractivity contribution in [2.45, 2.75) is 19.8 Å². The van der Waals surface area contributed by atoms with E-state index in [0.29, 0.717) is 17.7 Å². The van der Waals surface area contributed by atoms with Gasteiger partial charge in [-0.15, -0.1) is 0 Å². The van der Waals surface area contributed by atoms with Crippen molar-refractivity contribution >= 4 is 28.3 Å². The smallest absolute Gasteiger partial charge is 0.375 e. The molecule has 3 rings (SSSR count). The molecule has 0 saturated carbocycles. The molecule has 0 amide bonds. The third-order valence-corrected chi connectivity index (χ3v) is 4.83. The summed E-state index contributed by atoms with van der Waals surface area (Å²) in [5.74, 6) is -1.38. The molecular weight excluding hydrogens is 308 g/mol. The van der Waals surface area contributed by atoms with Crippen LogP contribution in [0.2, 0.25) is 0 Å². The molecule has 2 aromatic carbocycles. The van der Waals surface area contributed by atoms with E-state index in [2.05, 4.69) is 4.74 Å². The number of benzene rings is 2. The van der Waals surface area contributed by atoms with Crippen molar-refractivity contribution in [3.8, 4) is 5.75 Å². The normalized spacial score (nSPS) is 19.7. The Balaban J connectivity index is 2.13. The van der Waals surface area contributed by atoms with Crippen molar-refractivity contribution in [2.75, 3.05) is 14.2 Å². The maximum atomic E-state index is 12.9. The summed E-state index contributed by atoms with van der Waals surface area (Å²) in [5.41, 5.74) is 0.0143. The highest BCUT2D eigenvalue weighted by Crippen LogP contribution is 2.39. The zero-order valence-electron chi connectivity index (χ0n) is 13.8. The number of fused-ring (bicyclic) bond motifs is 3. The lowest BCUT2D eigenvalue weighted by atomic mass is 9.68. The Morgan fingerprint density at radius 1 is 1.12 bits per heavy atom. The molecule has 1 aliphatic rings. The number of ether oxygens (including phenoxy) is 2. The number of Topliss-reactive ketones (excluding diaryl/α,β-unsaturated/α-hetero) is 2. The van der Waals surface area contributed by atoms with Gasteiger partial charge in [0.1, 0.15) is 11.2 Å². The predicted octanol–water partition coefficient (Wildman–Crippen LogP) is 2.73. The highest BCUT2D eigenvalue weighted by Gasteiger charge is 2.48. The van der Waals surface area contributed by atoms with Gasteiger partial charge < -0.3 is 9.47 Å². The Bertz CT molecular complexity index is 867. The first-order chi connectivity index (χ1) is 11.4. The van der Waals surface area contributed by atoms with Crippen LogP contribution in [0.3, 0.4) is 0 Å². The minimum absolute atomic E-state index is 0.281. The second-order valence-electron chi connectivity index (χ2n) is 6.16. The molecule has 1 aliphatic carbocycles. The maximum Gasteiger partial charge on any atom is 0.375 e. The van der Waals surface area contributed by atoms with Gasteiger partial charge in [0.15, 0.2) is 5.78 Å². The first kappa shape index (κ1) is 16.2. The number of carbonyl (C=O) groups excluding carboxylic acids is 3. The van der Waals surface area contributed by atoms with Crippen molar-refractivity contribution in [3.05, 3.63) is 41.5 Å². The van der Waals surface area contributed by atoms with E-state index in [1.54, 1.807) is 13.2 Å². The molecule has 2 aromatic rings. The fourth-order valence-electron chi connectivity index (χ4n) is 3.29. The van der Waals surface area contributed by atoms with E-state index < -0.39 is 17.2 Å². The van der Waals surface area contributed by atoms with Crippen LogP contribution in [0.15, 0.2) is 30.3 Å². The lowest BCUT2D eigenvalue weighted by Crippen LogP contribution is -2.44. The Morgan fingerprint density at radius 3 is 2.50 bits per heavy atom. The number of hydrogen-bond acceptors (Lipinski definition) is 5. The predicted molar refractivity (Wildman–Crippen MR) is 88.3 cm³/mol. The van der Waals surface area contributed by atoms with Crippen LogP contribution in [0, 0.1) is 5.41 Å². The van der Waals surface area contributed by atoms with Crippen LogP contribution in [-0.4, -0.2) is 31.8 Å². The molecule has 124 valence electrons. The van der Waals surface area contributed by atoms with Crippen LogP contribution in [0.25, 0.3) is 10.8 Å². The van der Waals surface area contributed by atoms with Crippen LogP contribution < -0.4 is 4.74 Å². The first-order valence-electron chi connectivity index (χ1n) is 7.69. The van der Waals surface area contributed by atoms with E-state index in [4.69, 9.17) is 4.74 Å². The summed E-state index contributed by atoms with van der Waals surface area (Å²) < 4.78 is 9.78. The third kappa shape index (κ3) is 2.28. The molecule has 1 atom stereocenters. The van der Waals surface area contributed by atoms with E-state index in [1.807, 2.05) is 24.3 Å². The van der Waals surface area contributed by atoms with E-state index in [1.165, 1.54) is 6.92 Å². The zero-order valence-corrected chi connectivity index (χ0v) is 13.8. The van der Waals surface area contributed by atoms with Gasteiger partial charge in [0.05, 0.1) is 14.2 Å². The second-order valence-corrected chi connectivity index (χ2v) is 6.16. The number of methoxy groups -OCH3 is 2. The third-order valence-electron chi connectivity index (χ3n) is 4.83. The number of esters is 1. The fraction of sp³-hybridized carbons (Fsp3) is 0.316. The van der Waals surface area contributed by atoms with Crippen molar-refractivity contribution in [1.29, 1.82) is 0 Å². The number of carbonyl (C=O) groups is 3. The van der Waals surface area contributed by atoms with Crippen molar-refractivity contribution < 1.29 is 23.9 Å². The van der Waals surface area contributed by atoms with Crippen molar-refractivity contribution in [3.63, 3.8) is 0 Å². The van der Waals surface area contributed by atoms with E-state index in [9.17, 15) is 14.4 Å². The zero-order chi connectivity index (χ0) is 17.5. The average molecular weight is 326 g/mol. The van der Waals surface area contributed by atoms with Crippen LogP contribution in [0.4, 0.5) is 0 Å². The van der Waals surface area contributed by atoms with Crippen LogP contribution in [0.5, 0.6) is 5.75 Å². The summed E-state index contributed by atoms with van der Waals surface area (Å²) in [4.78, 5) is 36.9. The SMILES string of the molecule is COC(=O)C(=O)[C@@]1(C)CCc2c(ccc3ccc(OC)cc23)C1=O. The molecule has 24 heavy (non-hydrogen) atoms. The minimum atomic E-state index is -1.37. The van der Waals surface area contributed by atoms with Gasteiger partial charge in [-0.3, -0.25) is 9.59 Å². The molecule has 0 spiro atoms. The van der Waals surface area contributed by atoms with Gasteiger partial charge in [-0.1, -0.05) is 18.2 Å². The molecule has 0 saturated heterocycles. The largest absolute Gasteiger partial charge is 0.497 e. The number of aryl methyl sites for hydroxylation is 1. The number of rotatable bonds is 3. The van der Waals surface area contributed by atoms with Gasteiger partial charge in [0, 0.05) is 5.56 Å². The summed E-state index contributed by atoms with van der Waals surface area (Å²) in [6.45, 7) is 1.52. The highest BCUT2D eigenvalue weighted by atomic mass is 16.5. The summed E-state index contributed by atoms with van der Waals surface area (Å²) in [6, 6.07) is 9.27. The molecule has 5 heteroatoms. The summed E-state index contributed by atoms with van der Waals surface area (Å²) in [7, 11) is 2.73. The van der Waals surface area contributed by atoms with Crippen molar-refractivity contribution in [2.24, 2.45) is 5.41 Å². The maximum absolute atomic E-state index is 12.9. The van der Waals surface area contributed by atoms with Gasteiger partial charge in [0.25, 0.3) is 5.78 Å². The van der Waals surface area contributed by atoms with Gasteiger partial charge in [-0.25, -0.2) is 4.79 Å². The topological polar surface area (TPSA) is 69.7 Å². The lowest BCUT2D eigenvalue weighted by Gasteiger charge is -2.31. The van der Waals surface area contributed by atoms with Gasteiger partial charge in [-0.2, -0.15) is 0 Å². The standard InChI is InChI=1S/C19H18O5/c1-19(17(21)18(22)24-3)9-8-13-14(16(19)20)7-5-11-4-6-12(23-2)10-15(11)13/h4-7,10H,8-9H2,1-3H3/t19-/m0/s1. The van der Waals surface area contributed by atoms with Crippen LogP contribution in [-0.2, 0) is 20.7 Å². The summed E-state index contributed by atoms with van der Waals surface area (Å²) in [5, 5.41) is 1.94. The van der Waals surface area contributed by atoms with Gasteiger partial charge >= 0.3 is 5.97 Å². The molecule has 0 N–H and O–H groups in total. The quantitative estimate of drug-likeness (QED) is 0.493. The Kier molecular flexibility index (Phi) is 3.87. The fourth-order valence-corrected chi connectivity index (χ4v) is 3.29. The number of hydrogen-bond donors (Lipinski definition) is 0. The lowest BCUT2D eigenvalue weighted by molar-refractivity contribution is -0.155. The van der Waals surface area contributed by atoms with Crippen LogP contribution >= 0.6 is 0 Å². The van der Waals surface area contributed by atoms with E-state index >= 15 is 0 Å². The van der Waals surface area contributed by atoms with Gasteiger partial charge in [0.2, 0.25) is 0 Å². The monoisotopic (exact) mass is 326 g/mol. The van der Waals surface area contributed by atoms with E-state index in [-0.39, 0.29) is 12.2 Å². The van der Waals surface area contributed by atoms with E-state index in [0.717, 1.165) is 23.4 Å². The number of ketones is 2. The molecule has 0 radical (unpaired) electrons. The summed E-state index contributed by atoms with van der Waals surface area (Å²) in [6.07, 6.45) is 0.813. The molecule has 5 nitrogen and oxygen atoms in total. The van der Waals surface area contributed by atoms with Gasteiger partial charge in [-0.05, 0) is 48.2 Å². The molecule has 0 heterocycles. The molecule has 0 aromatic heterocycles. The average Bonchev–Trinajstić information content (AvgIpc) is 2.62. The Hall–Kier alpha value is -2.69. The molecular formula is C19H18O5. The van der Waals surface area contributed by atoms with Crippen LogP contribution in [0.1, 0.15) is 29.3 Å². The Labute approximate surface area is 139 Å².